The number of thiophene rings is 1. The van der Waals surface area contributed by atoms with Crippen LogP contribution in [0, 0.1) is 0 Å². The molecule has 2 aromatic carbocycles. The Bertz CT molecular complexity index is 699. The lowest BCUT2D eigenvalue weighted by atomic mass is 9.99. The summed E-state index contributed by atoms with van der Waals surface area (Å²) in [7, 11) is 0. The molecule has 1 heterocycles. The van der Waals surface area contributed by atoms with Crippen LogP contribution in [-0.4, -0.2) is 5.11 Å². The lowest BCUT2D eigenvalue weighted by Gasteiger charge is -2.12. The molecule has 0 aliphatic carbocycles. The minimum absolute atomic E-state index is 0.458. The summed E-state index contributed by atoms with van der Waals surface area (Å²) in [5.41, 5.74) is 1.19. The van der Waals surface area contributed by atoms with Crippen LogP contribution in [0.15, 0.2) is 58.4 Å². The second-order valence-electron chi connectivity index (χ2n) is 4.49. The fourth-order valence-corrected chi connectivity index (χ4v) is 3.94. The number of aliphatic hydroxyl groups is 1. The zero-order valence-corrected chi connectivity index (χ0v) is 12.6. The van der Waals surface area contributed by atoms with Crippen molar-refractivity contribution in [3.05, 3.63) is 68.8 Å². The monoisotopic (exact) mass is 332 g/mol. The summed E-state index contributed by atoms with van der Waals surface area (Å²) in [6, 6.07) is 16.5. The van der Waals surface area contributed by atoms with Crippen LogP contribution in [0.4, 0.5) is 0 Å². The van der Waals surface area contributed by atoms with Crippen LogP contribution < -0.4 is 0 Å². The largest absolute Gasteiger partial charge is 0.387 e. The van der Waals surface area contributed by atoms with E-state index in [4.69, 9.17) is 0 Å². The predicted octanol–water partition coefficient (Wildman–Crippen LogP) is 4.94. The van der Waals surface area contributed by atoms with Crippen LogP contribution >= 0.6 is 27.3 Å². The van der Waals surface area contributed by atoms with E-state index < -0.39 is 6.10 Å². The highest BCUT2D eigenvalue weighted by atomic mass is 79.9. The molecule has 0 fully saturated rings. The Balaban J connectivity index is 1.96. The maximum absolute atomic E-state index is 10.4. The third kappa shape index (κ3) is 2.59. The van der Waals surface area contributed by atoms with Crippen molar-refractivity contribution in [2.24, 2.45) is 0 Å². The number of hydrogen-bond donors (Lipinski definition) is 1. The summed E-state index contributed by atoms with van der Waals surface area (Å²) in [6.07, 6.45) is 0.181. The maximum Gasteiger partial charge on any atom is 0.0933 e. The SMILES string of the molecule is OC(Cc1cccc2ccccc12)c1sccc1Br. The van der Waals surface area contributed by atoms with E-state index in [9.17, 15) is 5.11 Å². The van der Waals surface area contributed by atoms with Gasteiger partial charge in [-0.05, 0) is 43.7 Å². The molecule has 1 atom stereocenters. The van der Waals surface area contributed by atoms with Crippen LogP contribution in [-0.2, 0) is 6.42 Å². The van der Waals surface area contributed by atoms with E-state index in [1.54, 1.807) is 11.3 Å². The van der Waals surface area contributed by atoms with Crippen molar-refractivity contribution >= 4 is 38.0 Å². The number of hydrogen-bond acceptors (Lipinski definition) is 2. The average molecular weight is 333 g/mol. The Morgan fingerprint density at radius 1 is 1.05 bits per heavy atom. The van der Waals surface area contributed by atoms with Gasteiger partial charge in [-0.25, -0.2) is 0 Å². The van der Waals surface area contributed by atoms with E-state index in [1.165, 1.54) is 16.3 Å². The highest BCUT2D eigenvalue weighted by Gasteiger charge is 2.14. The minimum Gasteiger partial charge on any atom is -0.387 e. The molecule has 1 unspecified atom stereocenters. The van der Waals surface area contributed by atoms with Crippen LogP contribution in [0.5, 0.6) is 0 Å². The van der Waals surface area contributed by atoms with Gasteiger partial charge in [-0.15, -0.1) is 11.3 Å². The van der Waals surface area contributed by atoms with Gasteiger partial charge in [-0.2, -0.15) is 0 Å². The molecule has 0 radical (unpaired) electrons. The van der Waals surface area contributed by atoms with E-state index in [0.717, 1.165) is 9.35 Å². The molecule has 3 aromatic rings. The number of rotatable bonds is 3. The van der Waals surface area contributed by atoms with Gasteiger partial charge < -0.3 is 5.11 Å². The van der Waals surface area contributed by atoms with Gasteiger partial charge in [0, 0.05) is 15.8 Å². The highest BCUT2D eigenvalue weighted by molar-refractivity contribution is 9.10. The van der Waals surface area contributed by atoms with Gasteiger partial charge in [0.25, 0.3) is 0 Å². The van der Waals surface area contributed by atoms with E-state index in [-0.39, 0.29) is 0 Å². The van der Waals surface area contributed by atoms with Crippen molar-refractivity contribution in [2.45, 2.75) is 12.5 Å². The molecule has 1 nitrogen and oxygen atoms in total. The first-order valence-electron chi connectivity index (χ1n) is 6.13. The smallest absolute Gasteiger partial charge is 0.0933 e. The molecule has 0 bridgehead atoms. The van der Waals surface area contributed by atoms with Crippen LogP contribution in [0.2, 0.25) is 0 Å². The standard InChI is InChI=1S/C16H13BrOS/c17-14-8-9-19-16(14)15(18)10-12-6-3-5-11-4-1-2-7-13(11)12/h1-9,15,18H,10H2. The zero-order chi connectivity index (χ0) is 13.2. The van der Waals surface area contributed by atoms with E-state index >= 15 is 0 Å². The average Bonchev–Trinajstić information content (AvgIpc) is 2.85. The molecule has 0 amide bonds. The van der Waals surface area contributed by atoms with Crippen LogP contribution in [0.3, 0.4) is 0 Å². The summed E-state index contributed by atoms with van der Waals surface area (Å²) in [5, 5.41) is 14.8. The molecular weight excluding hydrogens is 320 g/mol. The molecule has 0 saturated heterocycles. The zero-order valence-electron chi connectivity index (χ0n) is 10.2. The molecule has 0 saturated carbocycles. The lowest BCUT2D eigenvalue weighted by Crippen LogP contribution is -2.00. The predicted molar refractivity (Wildman–Crippen MR) is 84.6 cm³/mol. The Hall–Kier alpha value is -1.16. The maximum atomic E-state index is 10.4. The quantitative estimate of drug-likeness (QED) is 0.720. The fourth-order valence-electron chi connectivity index (χ4n) is 2.31. The first-order valence-corrected chi connectivity index (χ1v) is 7.80. The van der Waals surface area contributed by atoms with Crippen LogP contribution in [0.1, 0.15) is 16.5 Å². The lowest BCUT2D eigenvalue weighted by molar-refractivity contribution is 0.182. The third-order valence-electron chi connectivity index (χ3n) is 3.24. The van der Waals surface area contributed by atoms with Gasteiger partial charge in [0.05, 0.1) is 6.10 Å². The Labute approximate surface area is 124 Å². The van der Waals surface area contributed by atoms with Crippen molar-refractivity contribution in [1.82, 2.24) is 0 Å². The Morgan fingerprint density at radius 3 is 2.63 bits per heavy atom. The topological polar surface area (TPSA) is 20.2 Å². The number of benzene rings is 2. The van der Waals surface area contributed by atoms with E-state index in [2.05, 4.69) is 40.2 Å². The third-order valence-corrected chi connectivity index (χ3v) is 5.21. The molecule has 0 aliphatic heterocycles. The van der Waals surface area contributed by atoms with Crippen molar-refractivity contribution < 1.29 is 5.11 Å². The summed E-state index contributed by atoms with van der Waals surface area (Å²) in [4.78, 5) is 0.993. The van der Waals surface area contributed by atoms with Gasteiger partial charge in [-0.3, -0.25) is 0 Å². The second-order valence-corrected chi connectivity index (χ2v) is 6.29. The first kappa shape index (κ1) is 12.9. The Morgan fingerprint density at radius 2 is 1.84 bits per heavy atom. The molecule has 3 rings (SSSR count). The first-order chi connectivity index (χ1) is 9.25. The molecule has 1 aromatic heterocycles. The molecule has 0 spiro atoms. The van der Waals surface area contributed by atoms with E-state index in [0.29, 0.717) is 6.42 Å². The number of halogens is 1. The summed E-state index contributed by atoms with van der Waals surface area (Å²) >= 11 is 5.07. The molecule has 1 N–H and O–H groups in total. The summed E-state index contributed by atoms with van der Waals surface area (Å²) < 4.78 is 0.991. The van der Waals surface area contributed by atoms with Gasteiger partial charge >= 0.3 is 0 Å². The molecular formula is C16H13BrOS. The number of aliphatic hydroxyl groups excluding tert-OH is 1. The van der Waals surface area contributed by atoms with E-state index in [1.807, 2.05) is 29.6 Å². The van der Waals surface area contributed by atoms with Crippen molar-refractivity contribution in [2.75, 3.05) is 0 Å². The molecule has 96 valence electrons. The molecule has 3 heteroatoms. The normalized spacial score (nSPS) is 12.7. The van der Waals surface area contributed by atoms with Crippen molar-refractivity contribution in [3.8, 4) is 0 Å². The fraction of sp³-hybridized carbons (Fsp3) is 0.125. The van der Waals surface area contributed by atoms with Crippen LogP contribution in [0.25, 0.3) is 10.8 Å². The van der Waals surface area contributed by atoms with Crippen molar-refractivity contribution in [1.29, 1.82) is 0 Å². The van der Waals surface area contributed by atoms with Gasteiger partial charge in [0.15, 0.2) is 0 Å². The summed E-state index contributed by atoms with van der Waals surface area (Å²) in [6.45, 7) is 0. The van der Waals surface area contributed by atoms with Gasteiger partial charge in [0.2, 0.25) is 0 Å². The van der Waals surface area contributed by atoms with Gasteiger partial charge in [0.1, 0.15) is 0 Å². The highest BCUT2D eigenvalue weighted by Crippen LogP contribution is 2.32. The molecule has 19 heavy (non-hydrogen) atoms. The number of fused-ring (bicyclic) bond motifs is 1. The van der Waals surface area contributed by atoms with Gasteiger partial charge in [-0.1, -0.05) is 42.5 Å². The minimum atomic E-state index is -0.458. The van der Waals surface area contributed by atoms with Crippen molar-refractivity contribution in [3.63, 3.8) is 0 Å². The second kappa shape index (κ2) is 5.45. The summed E-state index contributed by atoms with van der Waals surface area (Å²) in [5.74, 6) is 0. The Kier molecular flexibility index (Phi) is 3.69. The molecule has 0 aliphatic rings.